The highest BCUT2D eigenvalue weighted by atomic mass is 19.4. The van der Waals surface area contributed by atoms with E-state index in [4.69, 9.17) is 0 Å². The number of para-hydroxylation sites is 1. The van der Waals surface area contributed by atoms with E-state index in [1.807, 2.05) is 0 Å². The average Bonchev–Trinajstić information content (AvgIpc) is 3.07. The molecule has 1 aromatic carbocycles. The van der Waals surface area contributed by atoms with Gasteiger partial charge >= 0.3 is 18.2 Å². The number of ketones is 1. The molecule has 0 atom stereocenters. The number of benzene rings is 1. The molecule has 0 fully saturated rings. The number of aromatic nitrogens is 3. The number of carbonyl (C=O) groups is 1. The molecule has 3 rings (SSSR count). The number of Topliss-reactive ketones (excluding diaryl/α,β-unsaturated/α-hetero) is 1. The monoisotopic (exact) mass is 446 g/mol. The van der Waals surface area contributed by atoms with Gasteiger partial charge in [0.15, 0.2) is 12.1 Å². The first-order valence-electron chi connectivity index (χ1n) is 8.64. The number of aryl methyl sites for hydroxylation is 1. The van der Waals surface area contributed by atoms with Gasteiger partial charge in [-0.1, -0.05) is 12.1 Å². The normalized spacial score (nSPS) is 12.4. The van der Waals surface area contributed by atoms with Crippen molar-refractivity contribution in [3.05, 3.63) is 63.2 Å². The van der Waals surface area contributed by atoms with Gasteiger partial charge in [-0.25, -0.2) is 14.5 Å². The summed E-state index contributed by atoms with van der Waals surface area (Å²) in [6.07, 6.45) is -9.84. The van der Waals surface area contributed by atoms with E-state index in [-0.39, 0.29) is 12.2 Å². The quantitative estimate of drug-likeness (QED) is 0.243. The van der Waals surface area contributed by atoms with E-state index in [0.29, 0.717) is 12.1 Å². The summed E-state index contributed by atoms with van der Waals surface area (Å²) in [7, 11) is 0. The van der Waals surface area contributed by atoms with Crippen LogP contribution in [0.4, 0.5) is 32.2 Å². The van der Waals surface area contributed by atoms with E-state index in [1.54, 1.807) is 6.92 Å². The predicted molar refractivity (Wildman–Crippen MR) is 94.3 cm³/mol. The molecule has 0 N–H and O–H groups in total. The Kier molecular flexibility index (Phi) is 5.46. The lowest BCUT2D eigenvalue weighted by molar-refractivity contribution is -0.392. The molecule has 0 spiro atoms. The van der Waals surface area contributed by atoms with Crippen LogP contribution < -0.4 is 0 Å². The molecule has 31 heavy (non-hydrogen) atoms. The van der Waals surface area contributed by atoms with Gasteiger partial charge in [0.05, 0.1) is 24.0 Å². The van der Waals surface area contributed by atoms with Gasteiger partial charge in [-0.15, -0.1) is 0 Å². The average molecular weight is 446 g/mol. The third-order valence-corrected chi connectivity index (χ3v) is 4.46. The summed E-state index contributed by atoms with van der Waals surface area (Å²) in [4.78, 5) is 30.1. The highest BCUT2D eigenvalue weighted by molar-refractivity contribution is 6.08. The number of fused-ring (bicyclic) bond motifs is 1. The zero-order chi connectivity index (χ0) is 23.1. The zero-order valence-corrected chi connectivity index (χ0v) is 15.6. The summed E-state index contributed by atoms with van der Waals surface area (Å²) in [5, 5.41) is 10.8. The number of hydrogen-bond acceptors (Lipinski definition) is 5. The SMILES string of the molecule is CCn1cnc(CC(=O)c2cc(C(F)(F)F)nc3c(C(F)(F)F)cccc23)c1[N+](=O)[O-]. The van der Waals surface area contributed by atoms with Crippen molar-refractivity contribution in [3.8, 4) is 0 Å². The van der Waals surface area contributed by atoms with Crippen molar-refractivity contribution < 1.29 is 36.1 Å². The van der Waals surface area contributed by atoms with E-state index in [9.17, 15) is 41.3 Å². The number of pyridine rings is 1. The summed E-state index contributed by atoms with van der Waals surface area (Å²) >= 11 is 0. The molecule has 0 bridgehead atoms. The molecule has 0 saturated carbocycles. The highest BCUT2D eigenvalue weighted by Crippen LogP contribution is 2.38. The Labute approximate surface area is 169 Å². The Balaban J connectivity index is 2.21. The standard InChI is InChI=1S/C18H12F6N4O3/c1-2-27-8-25-12(16(27)28(30)31)7-13(29)10-6-14(18(22,23)24)26-15-9(10)4-3-5-11(15)17(19,20)21/h3-6,8H,2,7H2,1H3. The second kappa shape index (κ2) is 7.63. The van der Waals surface area contributed by atoms with Crippen molar-refractivity contribution in [2.24, 2.45) is 0 Å². The Hall–Kier alpha value is -3.51. The molecule has 0 saturated heterocycles. The van der Waals surface area contributed by atoms with Crippen LogP contribution >= 0.6 is 0 Å². The van der Waals surface area contributed by atoms with Gasteiger partial charge in [0, 0.05) is 10.9 Å². The van der Waals surface area contributed by atoms with Crippen LogP contribution in [-0.4, -0.2) is 25.2 Å². The number of nitrogens with zero attached hydrogens (tertiary/aromatic N) is 4. The Bertz CT molecular complexity index is 1180. The molecule has 13 heteroatoms. The van der Waals surface area contributed by atoms with Crippen molar-refractivity contribution in [3.63, 3.8) is 0 Å². The molecule has 3 aromatic rings. The topological polar surface area (TPSA) is 90.9 Å². The maximum atomic E-state index is 13.3. The van der Waals surface area contributed by atoms with E-state index >= 15 is 0 Å². The van der Waals surface area contributed by atoms with Crippen molar-refractivity contribution in [2.75, 3.05) is 0 Å². The van der Waals surface area contributed by atoms with E-state index < -0.39 is 63.0 Å². The van der Waals surface area contributed by atoms with Crippen LogP contribution in [0, 0.1) is 10.1 Å². The molecule has 164 valence electrons. The number of nitro groups is 1. The molecule has 0 radical (unpaired) electrons. The summed E-state index contributed by atoms with van der Waals surface area (Å²) < 4.78 is 80.9. The third-order valence-electron chi connectivity index (χ3n) is 4.46. The van der Waals surface area contributed by atoms with Gasteiger partial charge < -0.3 is 10.1 Å². The number of alkyl halides is 6. The molecule has 0 aliphatic carbocycles. The lowest BCUT2D eigenvalue weighted by Crippen LogP contribution is -2.15. The molecule has 0 unspecified atom stereocenters. The number of carbonyl (C=O) groups excluding carboxylic acids is 1. The van der Waals surface area contributed by atoms with Gasteiger partial charge in [-0.2, -0.15) is 26.3 Å². The fourth-order valence-electron chi connectivity index (χ4n) is 3.08. The molecule has 0 amide bonds. The van der Waals surface area contributed by atoms with E-state index in [0.717, 1.165) is 23.0 Å². The fourth-order valence-corrected chi connectivity index (χ4v) is 3.08. The minimum Gasteiger partial charge on any atom is -0.358 e. The molecule has 2 heterocycles. The molecule has 7 nitrogen and oxygen atoms in total. The van der Waals surface area contributed by atoms with Gasteiger partial charge in [-0.05, 0) is 24.0 Å². The molecular formula is C18H12F6N4O3. The highest BCUT2D eigenvalue weighted by Gasteiger charge is 2.38. The van der Waals surface area contributed by atoms with E-state index in [2.05, 4.69) is 9.97 Å². The fraction of sp³-hybridized carbons (Fsp3) is 0.278. The first kappa shape index (κ1) is 22.2. The zero-order valence-electron chi connectivity index (χ0n) is 15.6. The van der Waals surface area contributed by atoms with Crippen molar-refractivity contribution in [1.29, 1.82) is 0 Å². The summed E-state index contributed by atoms with van der Waals surface area (Å²) in [5.74, 6) is -1.59. The first-order chi connectivity index (χ1) is 14.3. The van der Waals surface area contributed by atoms with Gasteiger partial charge in [-0.3, -0.25) is 4.79 Å². The van der Waals surface area contributed by atoms with Gasteiger partial charge in [0.1, 0.15) is 11.4 Å². The number of hydrogen-bond donors (Lipinski definition) is 0. The molecular weight excluding hydrogens is 434 g/mol. The maximum Gasteiger partial charge on any atom is 0.433 e. The first-order valence-corrected chi connectivity index (χ1v) is 8.64. The lowest BCUT2D eigenvalue weighted by Gasteiger charge is -2.15. The molecule has 0 aliphatic rings. The second-order valence-corrected chi connectivity index (χ2v) is 6.41. The van der Waals surface area contributed by atoms with Crippen LogP contribution in [0.15, 0.2) is 30.6 Å². The summed E-state index contributed by atoms with van der Waals surface area (Å²) in [6, 6.07) is 2.86. The van der Waals surface area contributed by atoms with Crippen LogP contribution in [0.5, 0.6) is 0 Å². The molecule has 0 aliphatic heterocycles. The summed E-state index contributed by atoms with van der Waals surface area (Å²) in [5.41, 5.74) is -5.17. The maximum absolute atomic E-state index is 13.3. The largest absolute Gasteiger partial charge is 0.433 e. The van der Waals surface area contributed by atoms with Crippen LogP contribution in [-0.2, 0) is 25.3 Å². The van der Waals surface area contributed by atoms with Crippen molar-refractivity contribution in [2.45, 2.75) is 32.2 Å². The Morgan fingerprint density at radius 3 is 2.39 bits per heavy atom. The van der Waals surface area contributed by atoms with Crippen molar-refractivity contribution in [1.82, 2.24) is 14.5 Å². The minimum absolute atomic E-state index is 0.142. The van der Waals surface area contributed by atoms with Crippen LogP contribution in [0.1, 0.15) is 34.2 Å². The van der Waals surface area contributed by atoms with E-state index in [1.165, 1.54) is 0 Å². The smallest absolute Gasteiger partial charge is 0.358 e. The Morgan fingerprint density at radius 2 is 1.84 bits per heavy atom. The summed E-state index contributed by atoms with van der Waals surface area (Å²) in [6.45, 7) is 1.72. The van der Waals surface area contributed by atoms with Crippen LogP contribution in [0.3, 0.4) is 0 Å². The second-order valence-electron chi connectivity index (χ2n) is 6.41. The van der Waals surface area contributed by atoms with Crippen molar-refractivity contribution >= 4 is 22.5 Å². The van der Waals surface area contributed by atoms with Gasteiger partial charge in [0.25, 0.3) is 0 Å². The minimum atomic E-state index is -5.13. The van der Waals surface area contributed by atoms with Gasteiger partial charge in [0.2, 0.25) is 0 Å². The lowest BCUT2D eigenvalue weighted by atomic mass is 9.98. The molecule has 2 aromatic heterocycles. The number of halogens is 6. The number of imidazole rings is 1. The van der Waals surface area contributed by atoms with Crippen LogP contribution in [0.25, 0.3) is 10.9 Å². The number of rotatable bonds is 5. The predicted octanol–water partition coefficient (Wildman–Crippen LogP) is 4.82. The third kappa shape index (κ3) is 4.20. The Morgan fingerprint density at radius 1 is 1.16 bits per heavy atom. The van der Waals surface area contributed by atoms with Crippen LogP contribution in [0.2, 0.25) is 0 Å².